The van der Waals surface area contributed by atoms with Gasteiger partial charge < -0.3 is 15.8 Å². The third-order valence-corrected chi connectivity index (χ3v) is 3.01. The Morgan fingerprint density at radius 2 is 1.80 bits per heavy atom. The molecule has 5 heteroatoms. The number of ether oxygens (including phenoxy) is 1. The summed E-state index contributed by atoms with van der Waals surface area (Å²) < 4.78 is 5.05. The quantitative estimate of drug-likeness (QED) is 0.848. The third kappa shape index (κ3) is 3.13. The molecule has 20 heavy (non-hydrogen) atoms. The molecule has 0 radical (unpaired) electrons. The minimum absolute atomic E-state index is 0.226. The molecule has 3 N–H and O–H groups in total. The number of carbonyl (C=O) groups is 1. The highest BCUT2D eigenvalue weighted by molar-refractivity contribution is 7.80. The van der Waals surface area contributed by atoms with Crippen molar-refractivity contribution in [1.29, 1.82) is 0 Å². The standard InChI is InChI=1S/C15H14N2O2S/c1-19-11-8-6-10(7-9-11)15(18)17-13-5-3-2-4-12(13)14(16)20/h2-9H,1H3,(H2,16,20)(H,17,18). The zero-order valence-corrected chi connectivity index (χ0v) is 11.7. The van der Waals surface area contributed by atoms with Crippen molar-refractivity contribution in [2.75, 3.05) is 12.4 Å². The molecule has 0 unspecified atom stereocenters. The molecular formula is C15H14N2O2S. The number of nitrogens with two attached hydrogens (primary N) is 1. The summed E-state index contributed by atoms with van der Waals surface area (Å²) >= 11 is 4.96. The number of carbonyl (C=O) groups excluding carboxylic acids is 1. The van der Waals surface area contributed by atoms with Crippen LogP contribution in [0.4, 0.5) is 5.69 Å². The molecule has 1 amide bonds. The van der Waals surface area contributed by atoms with E-state index in [2.05, 4.69) is 5.32 Å². The lowest BCUT2D eigenvalue weighted by molar-refractivity contribution is 0.102. The third-order valence-electron chi connectivity index (χ3n) is 2.79. The molecule has 0 fully saturated rings. The Morgan fingerprint density at radius 1 is 1.15 bits per heavy atom. The first kappa shape index (κ1) is 14.0. The van der Waals surface area contributed by atoms with Gasteiger partial charge in [0.1, 0.15) is 10.7 Å². The van der Waals surface area contributed by atoms with Crippen molar-refractivity contribution < 1.29 is 9.53 Å². The van der Waals surface area contributed by atoms with Crippen molar-refractivity contribution in [3.8, 4) is 5.75 Å². The lowest BCUT2D eigenvalue weighted by Gasteiger charge is -2.10. The van der Waals surface area contributed by atoms with Gasteiger partial charge in [0, 0.05) is 11.1 Å². The molecule has 0 saturated carbocycles. The number of hydrogen-bond acceptors (Lipinski definition) is 3. The Bertz CT molecular complexity index is 639. The molecule has 2 aromatic carbocycles. The van der Waals surface area contributed by atoms with Crippen LogP contribution in [0.1, 0.15) is 15.9 Å². The Kier molecular flexibility index (Phi) is 4.32. The number of amides is 1. The van der Waals surface area contributed by atoms with Crippen molar-refractivity contribution in [3.63, 3.8) is 0 Å². The maximum Gasteiger partial charge on any atom is 0.255 e. The lowest BCUT2D eigenvalue weighted by atomic mass is 10.1. The molecule has 0 aromatic heterocycles. The van der Waals surface area contributed by atoms with Crippen LogP contribution in [0.3, 0.4) is 0 Å². The fourth-order valence-electron chi connectivity index (χ4n) is 1.74. The molecule has 2 rings (SSSR count). The molecule has 0 atom stereocenters. The second-order valence-corrected chi connectivity index (χ2v) is 4.53. The van der Waals surface area contributed by atoms with E-state index >= 15 is 0 Å². The van der Waals surface area contributed by atoms with Crippen LogP contribution >= 0.6 is 12.2 Å². The summed E-state index contributed by atoms with van der Waals surface area (Å²) in [5.74, 6) is 0.474. The summed E-state index contributed by atoms with van der Waals surface area (Å²) in [6.45, 7) is 0. The predicted octanol–water partition coefficient (Wildman–Crippen LogP) is 2.58. The van der Waals surface area contributed by atoms with E-state index in [4.69, 9.17) is 22.7 Å². The smallest absolute Gasteiger partial charge is 0.255 e. The molecule has 0 aliphatic carbocycles. The summed E-state index contributed by atoms with van der Waals surface area (Å²) in [5, 5.41) is 2.80. The van der Waals surface area contributed by atoms with E-state index in [1.165, 1.54) is 0 Å². The van der Waals surface area contributed by atoms with E-state index in [1.807, 2.05) is 12.1 Å². The van der Waals surface area contributed by atoms with Crippen LogP contribution in [0.5, 0.6) is 5.75 Å². The van der Waals surface area contributed by atoms with E-state index in [9.17, 15) is 4.79 Å². The Morgan fingerprint density at radius 3 is 2.40 bits per heavy atom. The SMILES string of the molecule is COc1ccc(C(=O)Nc2ccccc2C(N)=S)cc1. The number of anilines is 1. The summed E-state index contributed by atoms with van der Waals surface area (Å²) in [6, 6.07) is 14.0. The fourth-order valence-corrected chi connectivity index (χ4v) is 1.92. The molecule has 2 aromatic rings. The summed E-state index contributed by atoms with van der Waals surface area (Å²) in [7, 11) is 1.58. The highest BCUT2D eigenvalue weighted by atomic mass is 32.1. The first-order valence-corrected chi connectivity index (χ1v) is 6.37. The summed E-state index contributed by atoms with van der Waals surface area (Å²) in [5.41, 5.74) is 7.40. The largest absolute Gasteiger partial charge is 0.497 e. The van der Waals surface area contributed by atoms with Gasteiger partial charge in [0.25, 0.3) is 5.91 Å². The van der Waals surface area contributed by atoms with Crippen molar-refractivity contribution in [2.24, 2.45) is 5.73 Å². The molecule has 4 nitrogen and oxygen atoms in total. The summed E-state index contributed by atoms with van der Waals surface area (Å²) in [4.78, 5) is 12.4. The van der Waals surface area contributed by atoms with Crippen molar-refractivity contribution in [1.82, 2.24) is 0 Å². The molecule has 0 bridgehead atoms. The monoisotopic (exact) mass is 286 g/mol. The first-order valence-electron chi connectivity index (χ1n) is 5.96. The van der Waals surface area contributed by atoms with Crippen molar-refractivity contribution in [3.05, 3.63) is 59.7 Å². The number of benzene rings is 2. The van der Waals surface area contributed by atoms with Crippen LogP contribution in [-0.4, -0.2) is 18.0 Å². The number of para-hydroxylation sites is 1. The molecule has 0 spiro atoms. The van der Waals surface area contributed by atoms with Gasteiger partial charge in [-0.05, 0) is 36.4 Å². The van der Waals surface area contributed by atoms with E-state index < -0.39 is 0 Å². The average Bonchev–Trinajstić information content (AvgIpc) is 2.47. The van der Waals surface area contributed by atoms with Gasteiger partial charge in [-0.2, -0.15) is 0 Å². The molecule has 0 aliphatic rings. The van der Waals surface area contributed by atoms with Crippen LogP contribution < -0.4 is 15.8 Å². The number of nitrogens with one attached hydrogen (secondary N) is 1. The van der Waals surface area contributed by atoms with Gasteiger partial charge in [0.2, 0.25) is 0 Å². The average molecular weight is 286 g/mol. The topological polar surface area (TPSA) is 64.3 Å². The molecule has 102 valence electrons. The Balaban J connectivity index is 2.21. The van der Waals surface area contributed by atoms with Gasteiger partial charge in [0.05, 0.1) is 12.8 Å². The molecule has 0 saturated heterocycles. The van der Waals surface area contributed by atoms with E-state index in [-0.39, 0.29) is 10.9 Å². The van der Waals surface area contributed by atoms with Crippen LogP contribution in [0.2, 0.25) is 0 Å². The van der Waals surface area contributed by atoms with Gasteiger partial charge in [0.15, 0.2) is 0 Å². The zero-order chi connectivity index (χ0) is 14.5. The predicted molar refractivity (Wildman–Crippen MR) is 83.3 cm³/mol. The number of thiocarbonyl (C=S) groups is 1. The molecule has 0 heterocycles. The second-order valence-electron chi connectivity index (χ2n) is 4.09. The van der Waals surface area contributed by atoms with Crippen LogP contribution in [0.15, 0.2) is 48.5 Å². The Labute approximate surface area is 122 Å². The van der Waals surface area contributed by atoms with Crippen LogP contribution in [0, 0.1) is 0 Å². The maximum atomic E-state index is 12.2. The van der Waals surface area contributed by atoms with Crippen molar-refractivity contribution >= 4 is 28.8 Å². The van der Waals surface area contributed by atoms with E-state index in [1.54, 1.807) is 43.5 Å². The molecule has 0 aliphatic heterocycles. The normalized spacial score (nSPS) is 9.85. The molecular weight excluding hydrogens is 272 g/mol. The highest BCUT2D eigenvalue weighted by Gasteiger charge is 2.10. The second kappa shape index (κ2) is 6.16. The number of hydrogen-bond donors (Lipinski definition) is 2. The first-order chi connectivity index (χ1) is 9.61. The van der Waals surface area contributed by atoms with Gasteiger partial charge in [-0.1, -0.05) is 24.4 Å². The Hall–Kier alpha value is -2.40. The van der Waals surface area contributed by atoms with Gasteiger partial charge in [-0.3, -0.25) is 4.79 Å². The van der Waals surface area contributed by atoms with Gasteiger partial charge >= 0.3 is 0 Å². The fraction of sp³-hybridized carbons (Fsp3) is 0.0667. The number of methoxy groups -OCH3 is 1. The maximum absolute atomic E-state index is 12.2. The van der Waals surface area contributed by atoms with Crippen LogP contribution in [-0.2, 0) is 0 Å². The minimum Gasteiger partial charge on any atom is -0.497 e. The highest BCUT2D eigenvalue weighted by Crippen LogP contribution is 2.17. The lowest BCUT2D eigenvalue weighted by Crippen LogP contribution is -2.17. The van der Waals surface area contributed by atoms with Gasteiger partial charge in [-0.25, -0.2) is 0 Å². The zero-order valence-electron chi connectivity index (χ0n) is 10.9. The number of rotatable bonds is 4. The van der Waals surface area contributed by atoms with Crippen molar-refractivity contribution in [2.45, 2.75) is 0 Å². The van der Waals surface area contributed by atoms with Crippen LogP contribution in [0.25, 0.3) is 0 Å². The van der Waals surface area contributed by atoms with E-state index in [0.717, 1.165) is 0 Å². The minimum atomic E-state index is -0.226. The summed E-state index contributed by atoms with van der Waals surface area (Å²) in [6.07, 6.45) is 0. The van der Waals surface area contributed by atoms with E-state index in [0.29, 0.717) is 22.6 Å². The van der Waals surface area contributed by atoms with Gasteiger partial charge in [-0.15, -0.1) is 0 Å².